The molecule has 5 nitrogen and oxygen atoms in total. The average Bonchev–Trinajstić information content (AvgIpc) is 2.40. The molecule has 0 aromatic rings. The van der Waals surface area contributed by atoms with Crippen LogP contribution in [0.5, 0.6) is 0 Å². The molecule has 1 aliphatic rings. The molecule has 18 heavy (non-hydrogen) atoms. The lowest BCUT2D eigenvalue weighted by atomic mass is 10.1. The zero-order valence-electron chi connectivity index (χ0n) is 10.8. The standard InChI is InChI=1S/C13H17N2O3/c1-4-15-9-10(17-3)6-7-12(15)11(8-14)13(16)18-5-2/h6-7,9-10H,4-5H2,1-3H3/q+1/b12-11-. The number of ether oxygens (including phenoxy) is 2. The Bertz CT molecular complexity index is 455. The Balaban J connectivity index is 3.16. The number of nitriles is 1. The number of methoxy groups -OCH3 is 1. The highest BCUT2D eigenvalue weighted by molar-refractivity contribution is 5.94. The Labute approximate surface area is 107 Å². The van der Waals surface area contributed by atoms with E-state index in [2.05, 4.69) is 0 Å². The molecule has 96 valence electrons. The number of carbonyl (C=O) groups is 1. The van der Waals surface area contributed by atoms with E-state index in [-0.39, 0.29) is 18.3 Å². The first kappa shape index (κ1) is 14.1. The van der Waals surface area contributed by atoms with Crippen LogP contribution in [0.15, 0.2) is 23.4 Å². The largest absolute Gasteiger partial charge is 0.462 e. The summed E-state index contributed by atoms with van der Waals surface area (Å²) in [5, 5.41) is 9.10. The molecule has 0 aromatic heterocycles. The first-order valence-corrected chi connectivity index (χ1v) is 5.82. The Morgan fingerprint density at radius 3 is 2.78 bits per heavy atom. The summed E-state index contributed by atoms with van der Waals surface area (Å²) < 4.78 is 11.9. The van der Waals surface area contributed by atoms with Gasteiger partial charge in [-0.1, -0.05) is 0 Å². The van der Waals surface area contributed by atoms with Gasteiger partial charge in [-0.25, -0.2) is 4.79 Å². The summed E-state index contributed by atoms with van der Waals surface area (Å²) in [5.41, 5.74) is 0.563. The van der Waals surface area contributed by atoms with Crippen molar-refractivity contribution in [3.8, 4) is 6.07 Å². The minimum Gasteiger partial charge on any atom is -0.462 e. The number of nitrogens with zero attached hydrogens (tertiary/aromatic N) is 2. The summed E-state index contributed by atoms with van der Waals surface area (Å²) in [7, 11) is 1.60. The van der Waals surface area contributed by atoms with Gasteiger partial charge in [0.25, 0.3) is 0 Å². The molecule has 1 unspecified atom stereocenters. The molecular formula is C13H17N2O3+. The monoisotopic (exact) mass is 249 g/mol. The van der Waals surface area contributed by atoms with Gasteiger partial charge < -0.3 is 9.47 Å². The van der Waals surface area contributed by atoms with Crippen molar-refractivity contribution < 1.29 is 18.8 Å². The molecule has 0 bridgehead atoms. The topological polar surface area (TPSA) is 62.3 Å². The van der Waals surface area contributed by atoms with Crippen molar-refractivity contribution in [3.63, 3.8) is 0 Å². The average molecular weight is 249 g/mol. The predicted molar refractivity (Wildman–Crippen MR) is 66.1 cm³/mol. The third-order valence-electron chi connectivity index (χ3n) is 2.54. The summed E-state index contributed by atoms with van der Waals surface area (Å²) in [6.45, 7) is 4.53. The van der Waals surface area contributed by atoms with Gasteiger partial charge in [0.15, 0.2) is 12.3 Å². The van der Waals surface area contributed by atoms with E-state index in [9.17, 15) is 4.79 Å². The van der Waals surface area contributed by atoms with Crippen LogP contribution in [-0.4, -0.2) is 43.1 Å². The molecule has 0 fully saturated rings. The zero-order valence-corrected chi connectivity index (χ0v) is 10.8. The number of hydrogen-bond donors (Lipinski definition) is 0. The van der Waals surface area contributed by atoms with Crippen molar-refractivity contribution in [1.29, 1.82) is 5.26 Å². The van der Waals surface area contributed by atoms with Crippen LogP contribution in [0.25, 0.3) is 0 Å². The van der Waals surface area contributed by atoms with Crippen LogP contribution in [0, 0.1) is 11.3 Å². The fraction of sp³-hybridized carbons (Fsp3) is 0.462. The van der Waals surface area contributed by atoms with Crippen molar-refractivity contribution in [1.82, 2.24) is 0 Å². The maximum Gasteiger partial charge on any atom is 0.355 e. The SMILES string of the molecule is CCOC(=O)/C(C#N)=C1/C=CC(OC)C=[N+]1CC. The lowest BCUT2D eigenvalue weighted by Gasteiger charge is -2.12. The van der Waals surface area contributed by atoms with Gasteiger partial charge in [0, 0.05) is 13.2 Å². The van der Waals surface area contributed by atoms with Gasteiger partial charge in [-0.05, 0) is 19.9 Å². The van der Waals surface area contributed by atoms with E-state index in [0.717, 1.165) is 0 Å². The molecule has 0 saturated carbocycles. The van der Waals surface area contributed by atoms with Crippen LogP contribution < -0.4 is 0 Å². The smallest absolute Gasteiger partial charge is 0.355 e. The molecular weight excluding hydrogens is 232 g/mol. The Hall–Kier alpha value is -1.93. The van der Waals surface area contributed by atoms with Crippen molar-refractivity contribution >= 4 is 12.2 Å². The lowest BCUT2D eigenvalue weighted by molar-refractivity contribution is -0.467. The summed E-state index contributed by atoms with van der Waals surface area (Å²) in [5.74, 6) is -0.595. The minimum absolute atomic E-state index is 0.0146. The van der Waals surface area contributed by atoms with Crippen molar-refractivity contribution in [2.24, 2.45) is 0 Å². The first-order chi connectivity index (χ1) is 8.67. The molecule has 5 heteroatoms. The van der Waals surface area contributed by atoms with Crippen molar-refractivity contribution in [2.45, 2.75) is 20.0 Å². The molecule has 0 amide bonds. The molecule has 0 aliphatic carbocycles. The first-order valence-electron chi connectivity index (χ1n) is 5.82. The number of esters is 1. The zero-order chi connectivity index (χ0) is 13.5. The highest BCUT2D eigenvalue weighted by Gasteiger charge is 2.26. The lowest BCUT2D eigenvalue weighted by Crippen LogP contribution is -2.26. The highest BCUT2D eigenvalue weighted by atomic mass is 16.5. The Morgan fingerprint density at radius 1 is 1.56 bits per heavy atom. The second-order valence-corrected chi connectivity index (χ2v) is 3.59. The maximum atomic E-state index is 11.7. The maximum absolute atomic E-state index is 11.7. The molecule has 1 aliphatic heterocycles. The normalized spacial score (nSPS) is 21.0. The number of hydrogen-bond acceptors (Lipinski definition) is 4. The molecule has 0 saturated heterocycles. The number of allylic oxidation sites excluding steroid dienone is 1. The van der Waals surface area contributed by atoms with Crippen LogP contribution >= 0.6 is 0 Å². The van der Waals surface area contributed by atoms with Gasteiger partial charge in [-0.2, -0.15) is 9.84 Å². The predicted octanol–water partition coefficient (Wildman–Crippen LogP) is 1.02. The van der Waals surface area contributed by atoms with E-state index in [1.807, 2.05) is 23.8 Å². The van der Waals surface area contributed by atoms with Gasteiger partial charge in [-0.3, -0.25) is 0 Å². The van der Waals surface area contributed by atoms with Gasteiger partial charge in [0.1, 0.15) is 12.6 Å². The van der Waals surface area contributed by atoms with E-state index in [1.165, 1.54) is 0 Å². The molecule has 1 rings (SSSR count). The van der Waals surface area contributed by atoms with Gasteiger partial charge in [-0.15, -0.1) is 0 Å². The molecule has 0 spiro atoms. The highest BCUT2D eigenvalue weighted by Crippen LogP contribution is 2.14. The van der Waals surface area contributed by atoms with E-state index >= 15 is 0 Å². The number of likely N-dealkylation sites (N-methyl/N-ethyl adjacent to an activating group) is 1. The van der Waals surface area contributed by atoms with Crippen molar-refractivity contribution in [2.75, 3.05) is 20.3 Å². The number of carbonyl (C=O) groups excluding carboxylic acids is 1. The van der Waals surface area contributed by atoms with Crippen molar-refractivity contribution in [3.05, 3.63) is 23.4 Å². The van der Waals surface area contributed by atoms with Crippen LogP contribution in [0.1, 0.15) is 13.8 Å². The summed E-state index contributed by atoms with van der Waals surface area (Å²) >= 11 is 0. The van der Waals surface area contributed by atoms with Crippen LogP contribution in [0.3, 0.4) is 0 Å². The molecule has 1 heterocycles. The molecule has 1 atom stereocenters. The fourth-order valence-corrected chi connectivity index (χ4v) is 1.64. The van der Waals surface area contributed by atoms with E-state index < -0.39 is 5.97 Å². The van der Waals surface area contributed by atoms with E-state index in [4.69, 9.17) is 14.7 Å². The van der Waals surface area contributed by atoms with Crippen LogP contribution in [0.2, 0.25) is 0 Å². The second-order valence-electron chi connectivity index (χ2n) is 3.59. The van der Waals surface area contributed by atoms with Crippen LogP contribution in [-0.2, 0) is 14.3 Å². The Kier molecular flexibility index (Phi) is 5.28. The summed E-state index contributed by atoms with van der Waals surface area (Å²) in [4.78, 5) is 11.7. The number of rotatable bonds is 4. The van der Waals surface area contributed by atoms with E-state index in [1.54, 1.807) is 26.2 Å². The quantitative estimate of drug-likeness (QED) is 0.323. The fourth-order valence-electron chi connectivity index (χ4n) is 1.64. The Morgan fingerprint density at radius 2 is 2.28 bits per heavy atom. The molecule has 0 radical (unpaired) electrons. The summed E-state index contributed by atoms with van der Waals surface area (Å²) in [6, 6.07) is 1.90. The third-order valence-corrected chi connectivity index (χ3v) is 2.54. The van der Waals surface area contributed by atoms with Gasteiger partial charge in [0.05, 0.1) is 6.61 Å². The minimum atomic E-state index is -0.595. The van der Waals surface area contributed by atoms with Gasteiger partial charge >= 0.3 is 5.97 Å². The van der Waals surface area contributed by atoms with Gasteiger partial charge in [0.2, 0.25) is 11.3 Å². The molecule has 0 aromatic carbocycles. The second kappa shape index (κ2) is 6.72. The summed E-state index contributed by atoms with van der Waals surface area (Å²) in [6.07, 6.45) is 5.19. The van der Waals surface area contributed by atoms with Crippen LogP contribution in [0.4, 0.5) is 0 Å². The molecule has 0 N–H and O–H groups in total. The third kappa shape index (κ3) is 3.05. The van der Waals surface area contributed by atoms with E-state index in [0.29, 0.717) is 12.2 Å².